The van der Waals surface area contributed by atoms with Crippen LogP contribution in [0.5, 0.6) is 0 Å². The van der Waals surface area contributed by atoms with Crippen LogP contribution in [0.25, 0.3) is 33.5 Å². The molecule has 6 rings (SSSR count). The summed E-state index contributed by atoms with van der Waals surface area (Å²) in [6.45, 7) is -0.515. The van der Waals surface area contributed by atoms with Crippen molar-refractivity contribution in [1.29, 1.82) is 0 Å². The third-order valence-corrected chi connectivity index (χ3v) is 6.66. The lowest BCUT2D eigenvalue weighted by Gasteiger charge is -2.11. The van der Waals surface area contributed by atoms with Gasteiger partial charge in [-0.05, 0) is 0 Å². The standard InChI is InChI=1S/C15H16N8O4.C7H8N4O2.CH2Br2/c1-18-5-16-10-8(18)12(24)22(14(26)20(10)3)7-23-13(25)9-11(17-6-19(9)2)21(4)15(23)27;1-10-3-8-5-4(10)6(12)9-7(13)11(5)2;2-1-3/h5-6H,7H2,1-4H3;3H,1-2H3,(H,9,12,13);1H2. The topological polar surface area (TPSA) is 196 Å². The predicted molar refractivity (Wildman–Crippen MR) is 165 cm³/mol. The third kappa shape index (κ3) is 5.26. The van der Waals surface area contributed by atoms with Crippen molar-refractivity contribution in [3.63, 3.8) is 0 Å². The molecule has 1 N–H and O–H groups in total. The Morgan fingerprint density at radius 3 is 1.35 bits per heavy atom. The number of nitrogens with one attached hydrogen (secondary N) is 1. The van der Waals surface area contributed by atoms with Gasteiger partial charge in [-0.3, -0.25) is 33.1 Å². The van der Waals surface area contributed by atoms with Gasteiger partial charge < -0.3 is 13.7 Å². The number of hydrogen-bond acceptors (Lipinski definition) is 9. The summed E-state index contributed by atoms with van der Waals surface area (Å²) in [5.41, 5.74) is -1.81. The van der Waals surface area contributed by atoms with Crippen molar-refractivity contribution >= 4 is 65.4 Å². The highest BCUT2D eigenvalue weighted by molar-refractivity contribution is 9.24. The fourth-order valence-corrected chi connectivity index (χ4v) is 4.44. The Morgan fingerprint density at radius 1 is 0.605 bits per heavy atom. The monoisotopic (exact) mass is 724 g/mol. The minimum atomic E-state index is -0.676. The first-order chi connectivity index (χ1) is 20.3. The molecule has 0 amide bonds. The molecule has 0 spiro atoms. The summed E-state index contributed by atoms with van der Waals surface area (Å²) in [5, 5.41) is 0. The van der Waals surface area contributed by atoms with Crippen molar-refractivity contribution in [2.75, 3.05) is 4.24 Å². The van der Waals surface area contributed by atoms with Crippen molar-refractivity contribution in [3.8, 4) is 0 Å². The lowest BCUT2D eigenvalue weighted by atomic mass is 10.5. The zero-order chi connectivity index (χ0) is 31.9. The molecule has 0 aliphatic heterocycles. The highest BCUT2D eigenvalue weighted by atomic mass is 79.9. The third-order valence-electron chi connectivity index (χ3n) is 6.66. The molecule has 0 aliphatic carbocycles. The molecule has 20 heteroatoms. The van der Waals surface area contributed by atoms with Gasteiger partial charge in [0.1, 0.15) is 6.67 Å². The molecule has 228 valence electrons. The first-order valence-corrected chi connectivity index (χ1v) is 14.4. The van der Waals surface area contributed by atoms with E-state index in [1.165, 1.54) is 55.9 Å². The number of H-pyrrole nitrogens is 1. The van der Waals surface area contributed by atoms with Crippen LogP contribution in [0.2, 0.25) is 0 Å². The maximum atomic E-state index is 12.8. The van der Waals surface area contributed by atoms with Gasteiger partial charge in [0, 0.05) is 42.3 Å². The van der Waals surface area contributed by atoms with E-state index in [2.05, 4.69) is 51.8 Å². The van der Waals surface area contributed by atoms with E-state index in [1.807, 2.05) is 0 Å². The second-order valence-corrected chi connectivity index (χ2v) is 11.9. The number of halogens is 2. The summed E-state index contributed by atoms with van der Waals surface area (Å²) in [6.07, 6.45) is 4.34. The molecule has 0 radical (unpaired) electrons. The number of imidazole rings is 3. The minimum Gasteiger partial charge on any atom is -0.328 e. The molecule has 18 nitrogen and oxygen atoms in total. The molecule has 0 aliphatic rings. The maximum absolute atomic E-state index is 12.8. The second-order valence-electron chi connectivity index (χ2n) is 9.29. The summed E-state index contributed by atoms with van der Waals surface area (Å²) < 4.78 is 10.8. The van der Waals surface area contributed by atoms with Gasteiger partial charge in [0.2, 0.25) is 0 Å². The Morgan fingerprint density at radius 2 is 0.953 bits per heavy atom. The van der Waals surface area contributed by atoms with Gasteiger partial charge in [-0.2, -0.15) is 0 Å². The molecule has 0 saturated heterocycles. The average Bonchev–Trinajstić information content (AvgIpc) is 3.66. The van der Waals surface area contributed by atoms with Crippen LogP contribution in [0.15, 0.2) is 47.7 Å². The summed E-state index contributed by atoms with van der Waals surface area (Å²) in [7, 11) is 9.46. The summed E-state index contributed by atoms with van der Waals surface area (Å²) in [6, 6.07) is 0. The van der Waals surface area contributed by atoms with E-state index < -0.39 is 40.4 Å². The first kappa shape index (κ1) is 31.3. The van der Waals surface area contributed by atoms with Crippen molar-refractivity contribution in [2.24, 2.45) is 42.3 Å². The van der Waals surface area contributed by atoms with Crippen LogP contribution < -0.4 is 33.7 Å². The SMILES string of the molecule is BrCBr.Cn1cnc2c1c(=O)[nH]c(=O)n2C.Cn1cnc2c1c(=O)n(Cn1c(=O)c3c(ncn3C)n(C)c1=O)c(=O)n2C. The minimum absolute atomic E-state index is 0.198. The Labute approximate surface area is 256 Å². The van der Waals surface area contributed by atoms with Crippen molar-refractivity contribution in [3.05, 3.63) is 81.5 Å². The first-order valence-electron chi connectivity index (χ1n) is 12.2. The molecule has 6 aromatic heterocycles. The van der Waals surface area contributed by atoms with E-state index in [4.69, 9.17) is 0 Å². The number of hydrogen-bond donors (Lipinski definition) is 1. The zero-order valence-electron chi connectivity index (χ0n) is 23.8. The average molecular weight is 726 g/mol. The summed E-state index contributed by atoms with van der Waals surface area (Å²) >= 11 is 6.12. The van der Waals surface area contributed by atoms with Gasteiger partial charge >= 0.3 is 17.1 Å². The second kappa shape index (κ2) is 12.0. The molecule has 0 bridgehead atoms. The fourth-order valence-electron chi connectivity index (χ4n) is 4.44. The Kier molecular flexibility index (Phi) is 8.71. The zero-order valence-corrected chi connectivity index (χ0v) is 26.9. The van der Waals surface area contributed by atoms with Crippen LogP contribution in [0.3, 0.4) is 0 Å². The summed E-state index contributed by atoms with van der Waals surface area (Å²) in [5.74, 6) is 0. The van der Waals surface area contributed by atoms with Crippen LogP contribution >= 0.6 is 31.9 Å². The lowest BCUT2D eigenvalue weighted by molar-refractivity contribution is 0.503. The van der Waals surface area contributed by atoms with E-state index in [0.29, 0.717) is 11.2 Å². The van der Waals surface area contributed by atoms with Crippen LogP contribution in [-0.4, -0.2) is 60.7 Å². The van der Waals surface area contributed by atoms with Crippen molar-refractivity contribution < 1.29 is 0 Å². The Hall–Kier alpha value is -4.59. The highest BCUT2D eigenvalue weighted by Crippen LogP contribution is 2.05. The number of nitrogens with zero attached hydrogens (tertiary/aromatic N) is 11. The largest absolute Gasteiger partial charge is 0.334 e. The molecular formula is C23H26Br2N12O6. The molecule has 43 heavy (non-hydrogen) atoms. The van der Waals surface area contributed by atoms with E-state index in [-0.39, 0.29) is 22.3 Å². The lowest BCUT2D eigenvalue weighted by Crippen LogP contribution is -2.47. The smallest absolute Gasteiger partial charge is 0.328 e. The quantitative estimate of drug-likeness (QED) is 0.204. The van der Waals surface area contributed by atoms with Crippen LogP contribution in [-0.2, 0) is 49.0 Å². The van der Waals surface area contributed by atoms with E-state index >= 15 is 0 Å². The van der Waals surface area contributed by atoms with Crippen molar-refractivity contribution in [1.82, 2.24) is 56.5 Å². The number of alkyl halides is 2. The number of rotatable bonds is 2. The van der Waals surface area contributed by atoms with Crippen molar-refractivity contribution in [2.45, 2.75) is 6.67 Å². The molecule has 0 aromatic carbocycles. The van der Waals surface area contributed by atoms with Crippen LogP contribution in [0.1, 0.15) is 0 Å². The van der Waals surface area contributed by atoms with Crippen LogP contribution in [0.4, 0.5) is 0 Å². The molecule has 0 saturated carbocycles. The molecule has 0 atom stereocenters. The fraction of sp³-hybridized carbons (Fsp3) is 0.348. The van der Waals surface area contributed by atoms with Gasteiger partial charge in [0.25, 0.3) is 16.7 Å². The Balaban J connectivity index is 0.000000220. The van der Waals surface area contributed by atoms with Gasteiger partial charge in [-0.25, -0.2) is 38.5 Å². The molecule has 6 aromatic rings. The number of fused-ring (bicyclic) bond motifs is 3. The van der Waals surface area contributed by atoms with E-state index in [1.54, 1.807) is 32.8 Å². The number of aromatic amines is 1. The Bertz CT molecular complexity index is 2270. The number of aromatic nitrogens is 12. The molecule has 6 heterocycles. The summed E-state index contributed by atoms with van der Waals surface area (Å²) in [4.78, 5) is 87.6. The normalized spacial score (nSPS) is 11.1. The van der Waals surface area contributed by atoms with Gasteiger partial charge in [-0.15, -0.1) is 0 Å². The maximum Gasteiger partial charge on any atom is 0.334 e. The van der Waals surface area contributed by atoms with Gasteiger partial charge in [0.05, 0.1) is 23.2 Å². The van der Waals surface area contributed by atoms with E-state index in [0.717, 1.165) is 13.4 Å². The molecule has 0 unspecified atom stereocenters. The van der Waals surface area contributed by atoms with Gasteiger partial charge in [0.15, 0.2) is 33.5 Å². The molecular weight excluding hydrogens is 700 g/mol. The predicted octanol–water partition coefficient (Wildman–Crippen LogP) is -1.62. The molecule has 0 fully saturated rings. The highest BCUT2D eigenvalue weighted by Gasteiger charge is 2.19. The number of aryl methyl sites for hydroxylation is 6. The van der Waals surface area contributed by atoms with Gasteiger partial charge in [-0.1, -0.05) is 31.9 Å². The van der Waals surface area contributed by atoms with E-state index in [9.17, 15) is 28.8 Å². The van der Waals surface area contributed by atoms with Crippen LogP contribution in [0, 0.1) is 0 Å².